The number of benzene rings is 3. The fraction of sp³-hybridized carbons (Fsp3) is 0.133. The van der Waals surface area contributed by atoms with E-state index >= 15 is 0 Å². The molecule has 1 aromatic heterocycles. The van der Waals surface area contributed by atoms with Crippen LogP contribution in [0.15, 0.2) is 120 Å². The molecule has 0 fully saturated rings. The quantitative estimate of drug-likeness (QED) is 0.186. The Kier molecular flexibility index (Phi) is 7.43. The largest absolute Gasteiger partial charge is 0.457 e. The lowest BCUT2D eigenvalue weighted by molar-refractivity contribution is -0.148. The van der Waals surface area contributed by atoms with Crippen LogP contribution in [0, 0.1) is 0 Å². The molecule has 0 N–H and O–H groups in total. The van der Waals surface area contributed by atoms with Gasteiger partial charge >= 0.3 is 5.97 Å². The maximum absolute atomic E-state index is 12.3. The summed E-state index contributed by atoms with van der Waals surface area (Å²) in [7, 11) is -2.45. The smallest absolute Gasteiger partial charge is 0.331 e. The van der Waals surface area contributed by atoms with E-state index in [4.69, 9.17) is 9.48 Å². The monoisotopic (exact) mass is 480 g/mol. The molecule has 4 nitrogen and oxygen atoms in total. The van der Waals surface area contributed by atoms with Gasteiger partial charge in [-0.25, -0.2) is 4.79 Å². The van der Waals surface area contributed by atoms with Gasteiger partial charge < -0.3 is 4.74 Å². The van der Waals surface area contributed by atoms with Crippen LogP contribution >= 0.6 is 7.05 Å². The lowest BCUT2D eigenvalue weighted by Crippen LogP contribution is -2.25. The number of hydrogen-bond acceptors (Lipinski definition) is 4. The van der Waals surface area contributed by atoms with E-state index in [1.165, 1.54) is 6.08 Å². The summed E-state index contributed by atoms with van der Waals surface area (Å²) in [6.45, 7) is 5.54. The molecule has 0 atom stereocenters. The van der Waals surface area contributed by atoms with Crippen LogP contribution in [-0.2, 0) is 9.53 Å². The zero-order valence-electron chi connectivity index (χ0n) is 20.2. The molecule has 5 heteroatoms. The molecule has 0 saturated carbocycles. The van der Waals surface area contributed by atoms with Crippen LogP contribution in [0.5, 0.6) is 0 Å². The number of carbonyl (C=O) groups excluding carboxylic acids is 1. The van der Waals surface area contributed by atoms with Crippen LogP contribution in [-0.4, -0.2) is 16.6 Å². The van der Waals surface area contributed by atoms with Gasteiger partial charge in [-0.05, 0) is 39.0 Å². The van der Waals surface area contributed by atoms with Crippen molar-refractivity contribution in [2.24, 2.45) is 4.74 Å². The number of pyridine rings is 1. The highest BCUT2D eigenvalue weighted by atomic mass is 31.2. The highest BCUT2D eigenvalue weighted by Crippen LogP contribution is 2.49. The normalized spacial score (nSPS) is 11.9. The van der Waals surface area contributed by atoms with E-state index < -0.39 is 18.6 Å². The van der Waals surface area contributed by atoms with E-state index in [2.05, 4.69) is 77.8 Å². The van der Waals surface area contributed by atoms with Crippen molar-refractivity contribution in [3.63, 3.8) is 0 Å². The third-order valence-corrected chi connectivity index (χ3v) is 8.90. The molecule has 0 aliphatic heterocycles. The van der Waals surface area contributed by atoms with E-state index in [1.807, 2.05) is 51.1 Å². The van der Waals surface area contributed by atoms with Crippen molar-refractivity contribution < 1.29 is 9.53 Å². The summed E-state index contributed by atoms with van der Waals surface area (Å²) in [4.78, 5) is 16.9. The predicted octanol–water partition coefficient (Wildman–Crippen LogP) is 6.25. The Labute approximate surface area is 207 Å². The first-order chi connectivity index (χ1) is 16.9. The molecule has 4 rings (SSSR count). The van der Waals surface area contributed by atoms with Crippen LogP contribution in [0.25, 0.3) is 6.08 Å². The fourth-order valence-electron chi connectivity index (χ4n) is 3.82. The van der Waals surface area contributed by atoms with Gasteiger partial charge in [-0.1, -0.05) is 91.0 Å². The average Bonchev–Trinajstić information content (AvgIpc) is 2.87. The minimum atomic E-state index is -2.45. The Hall–Kier alpha value is -3.75. The minimum absolute atomic E-state index is 0.413. The summed E-state index contributed by atoms with van der Waals surface area (Å²) in [6, 6.07) is 35.1. The van der Waals surface area contributed by atoms with Crippen LogP contribution in [0.4, 0.5) is 5.69 Å². The van der Waals surface area contributed by atoms with E-state index in [1.54, 1.807) is 12.3 Å². The van der Waals surface area contributed by atoms with Gasteiger partial charge in [0.1, 0.15) is 5.60 Å². The number of esters is 1. The second-order valence-corrected chi connectivity index (χ2v) is 12.0. The molecule has 3 aromatic carbocycles. The third-order valence-electron chi connectivity index (χ3n) is 5.25. The van der Waals surface area contributed by atoms with Crippen molar-refractivity contribution in [2.45, 2.75) is 26.4 Å². The van der Waals surface area contributed by atoms with Gasteiger partial charge in [0, 0.05) is 28.2 Å². The van der Waals surface area contributed by atoms with Crippen molar-refractivity contribution >= 4 is 40.7 Å². The third kappa shape index (κ3) is 5.85. The molecule has 0 radical (unpaired) electrons. The molecule has 0 aliphatic carbocycles. The van der Waals surface area contributed by atoms with Crippen molar-refractivity contribution in [2.75, 3.05) is 0 Å². The van der Waals surface area contributed by atoms with Gasteiger partial charge in [-0.15, -0.1) is 0 Å². The van der Waals surface area contributed by atoms with Gasteiger partial charge in [-0.2, -0.15) is 0 Å². The Balaban J connectivity index is 1.97. The van der Waals surface area contributed by atoms with Crippen LogP contribution < -0.4 is 15.9 Å². The van der Waals surface area contributed by atoms with Crippen molar-refractivity contribution in [1.82, 2.24) is 4.98 Å². The molecule has 0 unspecified atom stereocenters. The first-order valence-corrected chi connectivity index (χ1v) is 13.3. The molecular formula is C30H29N2O2P. The second kappa shape index (κ2) is 10.7. The lowest BCUT2D eigenvalue weighted by Gasteiger charge is -2.27. The maximum Gasteiger partial charge on any atom is 0.331 e. The number of rotatable bonds is 6. The van der Waals surface area contributed by atoms with Gasteiger partial charge in [0.05, 0.1) is 18.4 Å². The molecule has 1 heterocycles. The van der Waals surface area contributed by atoms with Gasteiger partial charge in [0.15, 0.2) is 0 Å². The molecule has 176 valence electrons. The number of aromatic nitrogens is 1. The van der Waals surface area contributed by atoms with E-state index in [-0.39, 0.29) is 0 Å². The number of nitrogens with zero attached hydrogens (tertiary/aromatic N) is 2. The number of hydrogen-bond donors (Lipinski definition) is 0. The molecule has 0 saturated heterocycles. The van der Waals surface area contributed by atoms with E-state index in [0.29, 0.717) is 5.69 Å². The standard InChI is InChI=1S/C30H29N2O2P/c1-30(2,3)34-29(33)22-21-27-28(20-13-23-31-27)32-35(24-14-7-4-8-15-24,25-16-9-5-10-17-25)26-18-11-6-12-19-26/h4-23H,1-3H3. The molecule has 0 aliphatic rings. The topological polar surface area (TPSA) is 51.5 Å². The van der Waals surface area contributed by atoms with Crippen molar-refractivity contribution in [3.8, 4) is 0 Å². The Morgan fingerprint density at radius 3 is 1.71 bits per heavy atom. The summed E-state index contributed by atoms with van der Waals surface area (Å²) in [5, 5.41) is 3.43. The SMILES string of the molecule is CC(C)(C)OC(=O)C=Cc1ncccc1N=P(c1ccccc1)(c1ccccc1)c1ccccc1. The zero-order chi connectivity index (χ0) is 24.7. The minimum Gasteiger partial charge on any atom is -0.457 e. The van der Waals surface area contributed by atoms with Gasteiger partial charge in [-0.3, -0.25) is 9.73 Å². The first kappa shape index (κ1) is 24.4. The highest BCUT2D eigenvalue weighted by molar-refractivity contribution is 7.87. The predicted molar refractivity (Wildman–Crippen MR) is 146 cm³/mol. The van der Waals surface area contributed by atoms with Crippen LogP contribution in [0.2, 0.25) is 0 Å². The summed E-state index contributed by atoms with van der Waals surface area (Å²) in [6.07, 6.45) is 4.81. The van der Waals surface area contributed by atoms with Crippen LogP contribution in [0.1, 0.15) is 26.5 Å². The highest BCUT2D eigenvalue weighted by Gasteiger charge is 2.27. The molecular weight excluding hydrogens is 451 g/mol. The number of carbonyl (C=O) groups is 1. The molecule has 0 bridgehead atoms. The van der Waals surface area contributed by atoms with Crippen molar-refractivity contribution in [3.05, 3.63) is 121 Å². The van der Waals surface area contributed by atoms with Gasteiger partial charge in [0.25, 0.3) is 0 Å². The molecule has 0 amide bonds. The summed E-state index contributed by atoms with van der Waals surface area (Å²) in [5.74, 6) is -0.413. The second-order valence-electron chi connectivity index (χ2n) is 9.02. The first-order valence-electron chi connectivity index (χ1n) is 11.5. The van der Waals surface area contributed by atoms with Crippen LogP contribution in [0.3, 0.4) is 0 Å². The Morgan fingerprint density at radius 1 is 0.771 bits per heavy atom. The lowest BCUT2D eigenvalue weighted by atomic mass is 10.2. The fourth-order valence-corrected chi connectivity index (χ4v) is 7.36. The Bertz CT molecular complexity index is 1260. The zero-order valence-corrected chi connectivity index (χ0v) is 21.1. The molecule has 0 spiro atoms. The molecule has 4 aromatic rings. The van der Waals surface area contributed by atoms with Crippen molar-refractivity contribution in [1.29, 1.82) is 0 Å². The average molecular weight is 481 g/mol. The summed E-state index contributed by atoms with van der Waals surface area (Å²) in [5.41, 5.74) is 0.774. The number of ether oxygens (including phenoxy) is 1. The molecule has 35 heavy (non-hydrogen) atoms. The van der Waals surface area contributed by atoms with Gasteiger partial charge in [0.2, 0.25) is 0 Å². The Morgan fingerprint density at radius 2 is 1.26 bits per heavy atom. The summed E-state index contributed by atoms with van der Waals surface area (Å²) >= 11 is 0. The maximum atomic E-state index is 12.3. The van der Waals surface area contributed by atoms with E-state index in [0.717, 1.165) is 21.6 Å². The summed E-state index contributed by atoms with van der Waals surface area (Å²) < 4.78 is 10.9. The van der Waals surface area contributed by atoms with E-state index in [9.17, 15) is 4.79 Å².